The van der Waals surface area contributed by atoms with E-state index in [1.165, 1.54) is 11.5 Å². The van der Waals surface area contributed by atoms with Gasteiger partial charge in [-0.3, -0.25) is 9.69 Å². The Balaban J connectivity index is 2.21. The van der Waals surface area contributed by atoms with Crippen LogP contribution in [0.3, 0.4) is 0 Å². The van der Waals surface area contributed by atoms with E-state index in [9.17, 15) is 4.79 Å². The van der Waals surface area contributed by atoms with Gasteiger partial charge in [-0.2, -0.15) is 0 Å². The van der Waals surface area contributed by atoms with E-state index >= 15 is 0 Å². The Morgan fingerprint density at radius 1 is 1.75 bits per heavy atom. The smallest absolute Gasteiger partial charge is 0.229 e. The largest absolute Gasteiger partial charge is 0.300 e. The van der Waals surface area contributed by atoms with Gasteiger partial charge in [-0.25, -0.2) is 0 Å². The number of hydrogen-bond donors (Lipinski definition) is 0. The lowest BCUT2D eigenvalue weighted by Gasteiger charge is -2.10. The summed E-state index contributed by atoms with van der Waals surface area (Å²) < 4.78 is 3.68. The zero-order chi connectivity index (χ0) is 8.55. The molecule has 2 rings (SSSR count). The first kappa shape index (κ1) is 7.94. The lowest BCUT2D eigenvalue weighted by Crippen LogP contribution is -2.23. The second-order valence-corrected chi connectivity index (χ2v) is 3.94. The van der Waals surface area contributed by atoms with Gasteiger partial charge >= 0.3 is 0 Å². The minimum absolute atomic E-state index is 0.0565. The number of carbonyl (C=O) groups excluding carboxylic acids is 1. The minimum Gasteiger partial charge on any atom is -0.300 e. The summed E-state index contributed by atoms with van der Waals surface area (Å²) in [5.41, 5.74) is 0. The van der Waals surface area contributed by atoms with Crippen LogP contribution in [-0.4, -0.2) is 27.4 Å². The highest BCUT2D eigenvalue weighted by Crippen LogP contribution is 2.25. The predicted molar refractivity (Wildman–Crippen MR) is 46.5 cm³/mol. The van der Waals surface area contributed by atoms with Crippen LogP contribution in [0.15, 0.2) is 6.20 Å². The Bertz CT molecular complexity index is 289. The van der Waals surface area contributed by atoms with Crippen molar-refractivity contribution in [1.29, 1.82) is 0 Å². The Hall–Kier alpha value is -0.680. The van der Waals surface area contributed by atoms with Crippen molar-refractivity contribution in [3.63, 3.8) is 0 Å². The lowest BCUT2D eigenvalue weighted by atomic mass is 10.4. The van der Waals surface area contributed by atoms with Gasteiger partial charge in [0, 0.05) is 24.5 Å². The van der Waals surface area contributed by atoms with E-state index in [1.54, 1.807) is 11.1 Å². The van der Waals surface area contributed by atoms with Gasteiger partial charge in [-0.05, 0) is 0 Å². The van der Waals surface area contributed by atoms with Gasteiger partial charge in [0.2, 0.25) is 5.91 Å². The van der Waals surface area contributed by atoms with Crippen molar-refractivity contribution in [3.8, 4) is 0 Å². The van der Waals surface area contributed by atoms with E-state index in [-0.39, 0.29) is 11.3 Å². The number of carbonyl (C=O) groups is 1. The number of amides is 1. The van der Waals surface area contributed by atoms with Gasteiger partial charge < -0.3 is 0 Å². The van der Waals surface area contributed by atoms with E-state index in [4.69, 9.17) is 11.6 Å². The van der Waals surface area contributed by atoms with Gasteiger partial charge in [0.1, 0.15) is 5.00 Å². The topological polar surface area (TPSA) is 46.1 Å². The summed E-state index contributed by atoms with van der Waals surface area (Å²) in [5, 5.41) is 4.37. The molecule has 1 atom stereocenters. The molecule has 64 valence electrons. The molecule has 1 amide bonds. The van der Waals surface area contributed by atoms with Crippen molar-refractivity contribution in [1.82, 2.24) is 9.59 Å². The molecule has 0 radical (unpaired) electrons. The number of nitrogens with zero attached hydrogens (tertiary/aromatic N) is 3. The highest BCUT2D eigenvalue weighted by atomic mass is 35.5. The molecule has 1 aliphatic heterocycles. The zero-order valence-corrected chi connectivity index (χ0v) is 7.68. The molecular formula is C6H6ClN3OS. The van der Waals surface area contributed by atoms with Crippen LogP contribution in [0.2, 0.25) is 0 Å². The molecule has 2 heterocycles. The summed E-state index contributed by atoms with van der Waals surface area (Å²) in [5.74, 6) is 0.0565. The summed E-state index contributed by atoms with van der Waals surface area (Å²) in [6.45, 7) is 0.574. The highest BCUT2D eigenvalue weighted by molar-refractivity contribution is 7.10. The molecule has 1 unspecified atom stereocenters. The third kappa shape index (κ3) is 1.30. The van der Waals surface area contributed by atoms with Crippen LogP contribution in [0.5, 0.6) is 0 Å². The van der Waals surface area contributed by atoms with Crippen LogP contribution in [0.4, 0.5) is 5.00 Å². The van der Waals surface area contributed by atoms with Crippen LogP contribution < -0.4 is 4.90 Å². The quantitative estimate of drug-likeness (QED) is 0.637. The average Bonchev–Trinajstić information content (AvgIpc) is 2.58. The molecule has 1 fully saturated rings. The molecule has 0 spiro atoms. The van der Waals surface area contributed by atoms with E-state index in [1.807, 2.05) is 0 Å². The fourth-order valence-electron chi connectivity index (χ4n) is 1.16. The first-order valence-electron chi connectivity index (χ1n) is 3.49. The Labute approximate surface area is 78.3 Å². The standard InChI is InChI=1S/C6H6ClN3OS/c7-4-1-5(11)10(3-4)6-2-8-9-12-6/h2,4H,1,3H2. The molecule has 1 aromatic heterocycles. The molecule has 1 aromatic rings. The summed E-state index contributed by atoms with van der Waals surface area (Å²) in [6, 6.07) is 0. The van der Waals surface area contributed by atoms with E-state index in [0.29, 0.717) is 13.0 Å². The average molecular weight is 204 g/mol. The summed E-state index contributed by atoms with van der Waals surface area (Å²) >= 11 is 7.03. The Morgan fingerprint density at radius 2 is 2.58 bits per heavy atom. The zero-order valence-electron chi connectivity index (χ0n) is 6.11. The van der Waals surface area contributed by atoms with E-state index in [0.717, 1.165) is 5.00 Å². The molecule has 6 heteroatoms. The molecule has 12 heavy (non-hydrogen) atoms. The molecule has 0 N–H and O–H groups in total. The predicted octanol–water partition coefficient (Wildman–Crippen LogP) is 0.882. The van der Waals surface area contributed by atoms with Gasteiger partial charge in [-0.1, -0.05) is 4.49 Å². The molecule has 0 saturated carbocycles. The van der Waals surface area contributed by atoms with Crippen molar-refractivity contribution in [2.24, 2.45) is 0 Å². The molecule has 4 nitrogen and oxygen atoms in total. The molecule has 0 bridgehead atoms. The monoisotopic (exact) mass is 203 g/mol. The van der Waals surface area contributed by atoms with Crippen molar-refractivity contribution < 1.29 is 4.79 Å². The van der Waals surface area contributed by atoms with Crippen molar-refractivity contribution >= 4 is 34.0 Å². The summed E-state index contributed by atoms with van der Waals surface area (Å²) in [7, 11) is 0. The Kier molecular flexibility index (Phi) is 1.98. The third-order valence-electron chi connectivity index (χ3n) is 1.69. The summed E-state index contributed by atoms with van der Waals surface area (Å²) in [6.07, 6.45) is 2.00. The minimum atomic E-state index is -0.0698. The van der Waals surface area contributed by atoms with Crippen LogP contribution in [0.1, 0.15) is 6.42 Å². The fourth-order valence-corrected chi connectivity index (χ4v) is 1.98. The molecule has 1 aliphatic rings. The molecule has 0 aromatic carbocycles. The maximum atomic E-state index is 11.3. The summed E-state index contributed by atoms with van der Waals surface area (Å²) in [4.78, 5) is 12.9. The van der Waals surface area contributed by atoms with E-state index < -0.39 is 0 Å². The second kappa shape index (κ2) is 2.99. The third-order valence-corrected chi connectivity index (χ3v) is 2.67. The highest BCUT2D eigenvalue weighted by Gasteiger charge is 2.30. The number of halogens is 1. The lowest BCUT2D eigenvalue weighted by molar-refractivity contribution is -0.117. The van der Waals surface area contributed by atoms with Gasteiger partial charge in [0.15, 0.2) is 0 Å². The van der Waals surface area contributed by atoms with Crippen LogP contribution in [0.25, 0.3) is 0 Å². The first-order chi connectivity index (χ1) is 5.77. The number of alkyl halides is 1. The maximum absolute atomic E-state index is 11.3. The Morgan fingerprint density at radius 3 is 3.08 bits per heavy atom. The van der Waals surface area contributed by atoms with Crippen LogP contribution in [0, 0.1) is 0 Å². The van der Waals surface area contributed by atoms with Crippen molar-refractivity contribution in [2.45, 2.75) is 11.8 Å². The fraction of sp³-hybridized carbons (Fsp3) is 0.500. The van der Waals surface area contributed by atoms with Crippen LogP contribution in [-0.2, 0) is 4.79 Å². The van der Waals surface area contributed by atoms with Gasteiger partial charge in [-0.15, -0.1) is 16.7 Å². The number of rotatable bonds is 1. The van der Waals surface area contributed by atoms with Gasteiger partial charge in [0.25, 0.3) is 0 Å². The maximum Gasteiger partial charge on any atom is 0.229 e. The SMILES string of the molecule is O=C1CC(Cl)CN1c1cnns1. The van der Waals surface area contributed by atoms with Crippen molar-refractivity contribution in [3.05, 3.63) is 6.20 Å². The molecule has 0 aliphatic carbocycles. The number of anilines is 1. The normalized spacial score (nSPS) is 23.6. The first-order valence-corrected chi connectivity index (χ1v) is 4.70. The van der Waals surface area contributed by atoms with Gasteiger partial charge in [0.05, 0.1) is 11.6 Å². The number of aromatic nitrogens is 2. The van der Waals surface area contributed by atoms with E-state index in [2.05, 4.69) is 9.59 Å². The molecular weight excluding hydrogens is 198 g/mol. The molecule has 1 saturated heterocycles. The second-order valence-electron chi connectivity index (χ2n) is 2.56. The van der Waals surface area contributed by atoms with Crippen molar-refractivity contribution in [2.75, 3.05) is 11.4 Å². The number of hydrogen-bond acceptors (Lipinski definition) is 4. The van der Waals surface area contributed by atoms with Crippen LogP contribution >= 0.6 is 23.1 Å².